The van der Waals surface area contributed by atoms with E-state index in [1.807, 2.05) is 19.1 Å². The zero-order chi connectivity index (χ0) is 15.4. The Morgan fingerprint density at radius 1 is 1.00 bits per heavy atom. The topological polar surface area (TPSA) is 53.5 Å². The van der Waals surface area contributed by atoms with Crippen LogP contribution in [0.3, 0.4) is 0 Å². The van der Waals surface area contributed by atoms with Gasteiger partial charge in [0.25, 0.3) is 0 Å². The largest absolute Gasteiger partial charge is 0.493 e. The molecule has 21 heavy (non-hydrogen) atoms. The van der Waals surface area contributed by atoms with Gasteiger partial charge < -0.3 is 14.2 Å². The van der Waals surface area contributed by atoms with Crippen molar-refractivity contribution in [2.75, 3.05) is 21.3 Å². The zero-order valence-corrected chi connectivity index (χ0v) is 12.4. The van der Waals surface area contributed by atoms with Crippen molar-refractivity contribution < 1.29 is 14.2 Å². The van der Waals surface area contributed by atoms with Gasteiger partial charge in [-0.05, 0) is 31.0 Å². The van der Waals surface area contributed by atoms with E-state index in [0.717, 1.165) is 5.56 Å². The highest BCUT2D eigenvalue weighted by Gasteiger charge is 2.15. The van der Waals surface area contributed by atoms with Crippen LogP contribution < -0.4 is 14.2 Å². The number of terminal acetylenes is 1. The summed E-state index contributed by atoms with van der Waals surface area (Å²) in [5.74, 6) is 4.12. The lowest BCUT2D eigenvalue weighted by Gasteiger charge is -2.12. The van der Waals surface area contributed by atoms with Crippen LogP contribution >= 0.6 is 0 Å². The first-order chi connectivity index (χ1) is 10.1. The fourth-order valence-electron chi connectivity index (χ4n) is 1.95. The Balaban J connectivity index is 2.61. The van der Waals surface area contributed by atoms with Crippen molar-refractivity contribution in [2.24, 2.45) is 0 Å². The van der Waals surface area contributed by atoms with Crippen LogP contribution in [0.5, 0.6) is 17.4 Å². The quantitative estimate of drug-likeness (QED) is 0.807. The number of ether oxygens (including phenoxy) is 3. The second kappa shape index (κ2) is 6.14. The molecule has 0 aliphatic heterocycles. The van der Waals surface area contributed by atoms with E-state index in [4.69, 9.17) is 20.6 Å². The summed E-state index contributed by atoms with van der Waals surface area (Å²) < 4.78 is 15.8. The van der Waals surface area contributed by atoms with Crippen molar-refractivity contribution in [2.45, 2.75) is 6.92 Å². The van der Waals surface area contributed by atoms with E-state index in [-0.39, 0.29) is 0 Å². The lowest BCUT2D eigenvalue weighted by molar-refractivity contribution is 0.355. The average molecular weight is 284 g/mol. The Morgan fingerprint density at radius 3 is 2.29 bits per heavy atom. The Kier molecular flexibility index (Phi) is 4.29. The number of benzene rings is 1. The molecular formula is C16H16N2O3. The summed E-state index contributed by atoms with van der Waals surface area (Å²) in [7, 11) is 4.70. The molecule has 108 valence electrons. The molecule has 0 amide bonds. The molecule has 0 fully saturated rings. The predicted octanol–water partition coefficient (Wildman–Crippen LogP) is 2.46. The summed E-state index contributed by atoms with van der Waals surface area (Å²) in [6.07, 6.45) is 5.40. The minimum Gasteiger partial charge on any atom is -0.493 e. The minimum atomic E-state index is 0.376. The van der Waals surface area contributed by atoms with Gasteiger partial charge in [0.2, 0.25) is 5.88 Å². The summed E-state index contributed by atoms with van der Waals surface area (Å²) in [6, 6.07) is 5.49. The van der Waals surface area contributed by atoms with Crippen molar-refractivity contribution in [3.63, 3.8) is 0 Å². The van der Waals surface area contributed by atoms with Crippen LogP contribution in [0.1, 0.15) is 11.4 Å². The molecule has 1 aromatic carbocycles. The summed E-state index contributed by atoms with van der Waals surface area (Å²) in [5.41, 5.74) is 2.55. The fourth-order valence-corrected chi connectivity index (χ4v) is 1.95. The lowest BCUT2D eigenvalue weighted by Crippen LogP contribution is -2.01. The third-order valence-corrected chi connectivity index (χ3v) is 3.03. The molecule has 2 rings (SSSR count). The van der Waals surface area contributed by atoms with Crippen LogP contribution in [0.15, 0.2) is 18.2 Å². The first-order valence-electron chi connectivity index (χ1n) is 6.26. The molecule has 1 heterocycles. The summed E-state index contributed by atoms with van der Waals surface area (Å²) in [5, 5.41) is 0. The molecule has 0 unspecified atom stereocenters. The number of aromatic nitrogens is 2. The number of hydrogen-bond donors (Lipinski definition) is 0. The van der Waals surface area contributed by atoms with E-state index in [0.29, 0.717) is 34.5 Å². The van der Waals surface area contributed by atoms with Gasteiger partial charge in [0, 0.05) is 5.56 Å². The molecule has 0 N–H and O–H groups in total. The zero-order valence-electron chi connectivity index (χ0n) is 12.4. The molecule has 1 aromatic heterocycles. The molecule has 0 radical (unpaired) electrons. The maximum atomic E-state index is 5.40. The summed E-state index contributed by atoms with van der Waals surface area (Å²) in [6.45, 7) is 1.81. The van der Waals surface area contributed by atoms with Crippen molar-refractivity contribution in [3.05, 3.63) is 29.6 Å². The molecule has 5 nitrogen and oxygen atoms in total. The Hall–Kier alpha value is -2.74. The number of methoxy groups -OCH3 is 3. The Labute approximate surface area is 123 Å². The molecule has 5 heteroatoms. The molecular weight excluding hydrogens is 268 g/mol. The highest BCUT2D eigenvalue weighted by molar-refractivity contribution is 5.68. The molecule has 0 spiro atoms. The minimum absolute atomic E-state index is 0.376. The van der Waals surface area contributed by atoms with Crippen molar-refractivity contribution in [3.8, 4) is 41.0 Å². The third-order valence-electron chi connectivity index (χ3n) is 3.03. The Morgan fingerprint density at radius 2 is 1.71 bits per heavy atom. The van der Waals surface area contributed by atoms with E-state index >= 15 is 0 Å². The maximum Gasteiger partial charge on any atom is 0.241 e. The second-order valence-corrected chi connectivity index (χ2v) is 4.23. The van der Waals surface area contributed by atoms with Gasteiger partial charge in [-0.2, -0.15) is 0 Å². The van der Waals surface area contributed by atoms with Crippen molar-refractivity contribution >= 4 is 0 Å². The molecule has 0 aliphatic carbocycles. The first-order valence-corrected chi connectivity index (χ1v) is 6.26. The van der Waals surface area contributed by atoms with E-state index in [1.54, 1.807) is 20.3 Å². The van der Waals surface area contributed by atoms with Gasteiger partial charge in [0.15, 0.2) is 11.5 Å². The van der Waals surface area contributed by atoms with Gasteiger partial charge in [-0.3, -0.25) is 0 Å². The number of rotatable bonds is 4. The smallest absolute Gasteiger partial charge is 0.241 e. The van der Waals surface area contributed by atoms with Gasteiger partial charge in [0.1, 0.15) is 11.4 Å². The number of hydrogen-bond acceptors (Lipinski definition) is 5. The summed E-state index contributed by atoms with van der Waals surface area (Å²) >= 11 is 0. The molecule has 2 aromatic rings. The standard InChI is InChI=1S/C16H16N2O3/c1-6-12-10(2)17-15(16(18-12)21-5)11-7-8-13(19-3)14(9-11)20-4/h1,7-9H,2-5H3. The van der Waals surface area contributed by atoms with Gasteiger partial charge in [-0.15, -0.1) is 6.42 Å². The summed E-state index contributed by atoms with van der Waals surface area (Å²) in [4.78, 5) is 8.78. The fraction of sp³-hybridized carbons (Fsp3) is 0.250. The van der Waals surface area contributed by atoms with Crippen LogP contribution in [0.2, 0.25) is 0 Å². The number of nitrogens with zero attached hydrogens (tertiary/aromatic N) is 2. The highest BCUT2D eigenvalue weighted by atomic mass is 16.5. The molecule has 0 aliphatic rings. The van der Waals surface area contributed by atoms with Crippen LogP contribution in [0, 0.1) is 19.3 Å². The van der Waals surface area contributed by atoms with E-state index in [1.165, 1.54) is 7.11 Å². The lowest BCUT2D eigenvalue weighted by atomic mass is 10.1. The number of aryl methyl sites for hydroxylation is 1. The predicted molar refractivity (Wildman–Crippen MR) is 79.8 cm³/mol. The van der Waals surface area contributed by atoms with Gasteiger partial charge in [-0.1, -0.05) is 0 Å². The van der Waals surface area contributed by atoms with Gasteiger partial charge in [-0.25, -0.2) is 9.97 Å². The van der Waals surface area contributed by atoms with Crippen LogP contribution in [-0.2, 0) is 0 Å². The van der Waals surface area contributed by atoms with Crippen LogP contribution in [-0.4, -0.2) is 31.3 Å². The molecule has 0 atom stereocenters. The monoisotopic (exact) mass is 284 g/mol. The van der Waals surface area contributed by atoms with Crippen molar-refractivity contribution in [1.82, 2.24) is 9.97 Å². The molecule has 0 saturated carbocycles. The van der Waals surface area contributed by atoms with Crippen LogP contribution in [0.25, 0.3) is 11.3 Å². The van der Waals surface area contributed by atoms with Gasteiger partial charge >= 0.3 is 0 Å². The van der Waals surface area contributed by atoms with E-state index in [9.17, 15) is 0 Å². The van der Waals surface area contributed by atoms with E-state index < -0.39 is 0 Å². The second-order valence-electron chi connectivity index (χ2n) is 4.23. The van der Waals surface area contributed by atoms with Crippen LogP contribution in [0.4, 0.5) is 0 Å². The van der Waals surface area contributed by atoms with E-state index in [2.05, 4.69) is 15.9 Å². The van der Waals surface area contributed by atoms with Gasteiger partial charge in [0.05, 0.1) is 27.0 Å². The average Bonchev–Trinajstić information content (AvgIpc) is 2.53. The normalized spacial score (nSPS) is 9.86. The van der Waals surface area contributed by atoms with Crippen molar-refractivity contribution in [1.29, 1.82) is 0 Å². The first kappa shape index (κ1) is 14.7. The highest BCUT2D eigenvalue weighted by Crippen LogP contribution is 2.34. The maximum absolute atomic E-state index is 5.40. The molecule has 0 saturated heterocycles. The molecule has 0 bridgehead atoms. The SMILES string of the molecule is C#Cc1nc(OC)c(-c2ccc(OC)c(OC)c2)nc1C. The Bertz CT molecular complexity index is 705. The third kappa shape index (κ3) is 2.75.